The van der Waals surface area contributed by atoms with Crippen molar-refractivity contribution in [1.29, 1.82) is 0 Å². The van der Waals surface area contributed by atoms with Crippen LogP contribution in [0.5, 0.6) is 0 Å². The molecule has 0 aromatic carbocycles. The van der Waals surface area contributed by atoms with Gasteiger partial charge in [-0.3, -0.25) is 13.7 Å². The summed E-state index contributed by atoms with van der Waals surface area (Å²) in [5.41, 5.74) is 0. The molecule has 2 aliphatic rings. The number of hydrogen-bond acceptors (Lipinski definition) is 17. The standard InChI is InChI=1S/C14H25NO17S2.2Na/c1-4(16)15-7-9(18)12(6(30-13(7)21)3-29-34(25,26)27)32-14-11(20)10(19)8(17)5(31-14)2-28-33(22,23)24;;/h5-14,17-21H,2-3H2,1H3,(H,15,16)(H,22,23,24)(H,25,26,27);;/q;2*+1/p-2/t5-,6-,7-,8+,9-,10+,11-,12-,13?,14+;;/m1../s1. The summed E-state index contributed by atoms with van der Waals surface area (Å²) in [7, 11) is -10.3. The largest absolute Gasteiger partial charge is 1.00 e. The van der Waals surface area contributed by atoms with Crippen molar-refractivity contribution in [2.24, 2.45) is 4.99 Å². The number of rotatable bonds is 9. The maximum absolute atomic E-state index is 11.3. The van der Waals surface area contributed by atoms with Crippen LogP contribution in [0.25, 0.3) is 0 Å². The van der Waals surface area contributed by atoms with Crippen molar-refractivity contribution in [3.8, 4) is 0 Å². The Morgan fingerprint density at radius 2 is 1.44 bits per heavy atom. The van der Waals surface area contributed by atoms with Crippen LogP contribution in [0.2, 0.25) is 0 Å². The van der Waals surface area contributed by atoms with Crippen LogP contribution in [0, 0.1) is 0 Å². The van der Waals surface area contributed by atoms with Crippen LogP contribution in [-0.2, 0) is 43.4 Å². The van der Waals surface area contributed by atoms with Crippen LogP contribution < -0.4 is 64.2 Å². The van der Waals surface area contributed by atoms with Gasteiger partial charge in [0.15, 0.2) is 12.6 Å². The molecule has 0 amide bonds. The summed E-state index contributed by atoms with van der Waals surface area (Å²) in [5, 5.41) is 62.1. The van der Waals surface area contributed by atoms with E-state index < -0.39 is 101 Å². The second-order valence-corrected chi connectivity index (χ2v) is 9.36. The molecular formula is C14H23NNa2O17S2. The molecule has 2 rings (SSSR count). The fourth-order valence-electron chi connectivity index (χ4n) is 3.20. The van der Waals surface area contributed by atoms with E-state index in [0.717, 1.165) is 6.92 Å². The molecule has 2 heterocycles. The van der Waals surface area contributed by atoms with Crippen molar-refractivity contribution in [2.45, 2.75) is 68.3 Å². The van der Waals surface area contributed by atoms with Gasteiger partial charge in [-0.05, 0) is 12.8 Å². The molecule has 0 radical (unpaired) electrons. The van der Waals surface area contributed by atoms with Crippen LogP contribution in [0.15, 0.2) is 4.99 Å². The van der Waals surface area contributed by atoms with Crippen LogP contribution in [0.3, 0.4) is 0 Å². The van der Waals surface area contributed by atoms with Gasteiger partial charge in [-0.2, -0.15) is 8.42 Å². The van der Waals surface area contributed by atoms with E-state index in [1.165, 1.54) is 0 Å². The second-order valence-electron chi connectivity index (χ2n) is 7.21. The summed E-state index contributed by atoms with van der Waals surface area (Å²) in [6.07, 6.45) is -17.4. The van der Waals surface area contributed by atoms with E-state index in [4.69, 9.17) is 18.8 Å². The molecule has 36 heavy (non-hydrogen) atoms. The Hall–Kier alpha value is 0.890. The molecule has 0 saturated carbocycles. The average molecular weight is 587 g/mol. The second kappa shape index (κ2) is 15.0. The van der Waals surface area contributed by atoms with E-state index in [-0.39, 0.29) is 59.1 Å². The molecule has 2 fully saturated rings. The number of hydrogen-bond donors (Lipinski definition) is 6. The predicted molar refractivity (Wildman–Crippen MR) is 98.5 cm³/mol. The Labute approximate surface area is 249 Å². The van der Waals surface area contributed by atoms with Crippen LogP contribution in [0.1, 0.15) is 6.92 Å². The van der Waals surface area contributed by atoms with Gasteiger partial charge >= 0.3 is 69.5 Å². The van der Waals surface area contributed by atoms with E-state index >= 15 is 0 Å². The predicted octanol–water partition coefficient (Wildman–Crippen LogP) is -12.3. The number of nitrogens with zero attached hydrogens (tertiary/aromatic N) is 1. The van der Waals surface area contributed by atoms with Gasteiger partial charge < -0.3 is 49.4 Å². The molecular weight excluding hydrogens is 564 g/mol. The van der Waals surface area contributed by atoms with Crippen LogP contribution >= 0.6 is 0 Å². The number of aliphatic hydroxyl groups excluding tert-OH is 5. The van der Waals surface area contributed by atoms with E-state index in [1.54, 1.807) is 0 Å². The summed E-state index contributed by atoms with van der Waals surface area (Å²) in [4.78, 5) is 3.44. The summed E-state index contributed by atoms with van der Waals surface area (Å²) < 4.78 is 86.2. The molecule has 0 bridgehead atoms. The van der Waals surface area contributed by atoms with E-state index in [2.05, 4.69) is 13.4 Å². The molecule has 1 unspecified atom stereocenters. The molecule has 200 valence electrons. The Kier molecular flexibility index (Phi) is 15.4. The van der Waals surface area contributed by atoms with Gasteiger partial charge in [0.2, 0.25) is 10.4 Å². The maximum atomic E-state index is 11.3. The summed E-state index contributed by atoms with van der Waals surface area (Å²) >= 11 is 0. The average Bonchev–Trinajstić information content (AvgIpc) is 2.69. The Morgan fingerprint density at radius 1 is 0.889 bits per heavy atom. The third-order valence-electron chi connectivity index (χ3n) is 4.71. The number of ether oxygens (including phenoxy) is 3. The van der Waals surface area contributed by atoms with Crippen molar-refractivity contribution >= 4 is 26.7 Å². The minimum absolute atomic E-state index is 0. The van der Waals surface area contributed by atoms with Crippen LogP contribution in [-0.4, -0.2) is 132 Å². The zero-order valence-electron chi connectivity index (χ0n) is 19.1. The van der Waals surface area contributed by atoms with E-state index in [9.17, 15) is 52.0 Å². The fraction of sp³-hybridized carbons (Fsp3) is 0.929. The fourth-order valence-corrected chi connectivity index (χ4v) is 3.80. The maximum Gasteiger partial charge on any atom is 1.00 e. The molecule has 22 heteroatoms. The SMILES string of the molecule is CC([O-])=N[C@H]1C(O)O[C@H](COS(=O)(=O)O)[C@@H](O[C@@H]2O[C@H](COS(=O)(=O)[O-])[C@H](O)[C@H](O)[C@H]2O)[C@@H]1O.[Na+].[Na+]. The van der Waals surface area contributed by atoms with E-state index in [0.29, 0.717) is 0 Å². The molecule has 6 N–H and O–H groups in total. The molecule has 0 aliphatic carbocycles. The number of aliphatic hydroxyl groups is 5. The smallest absolute Gasteiger partial charge is 0.862 e. The van der Waals surface area contributed by atoms with Crippen molar-refractivity contribution in [2.75, 3.05) is 13.2 Å². The van der Waals surface area contributed by atoms with Gasteiger partial charge in [0, 0.05) is 0 Å². The normalized spacial score (nSPS) is 38.1. The Balaban J connectivity index is 0.00000612. The summed E-state index contributed by atoms with van der Waals surface area (Å²) in [6, 6.07) is -1.69. The minimum atomic E-state index is -5.24. The van der Waals surface area contributed by atoms with Crippen molar-refractivity contribution in [3.63, 3.8) is 0 Å². The number of aliphatic imine (C=N–C) groups is 1. The molecule has 18 nitrogen and oxygen atoms in total. The molecule has 2 saturated heterocycles. The van der Waals surface area contributed by atoms with Crippen molar-refractivity contribution in [3.05, 3.63) is 0 Å². The first kappa shape index (κ1) is 36.9. The van der Waals surface area contributed by atoms with Crippen molar-refractivity contribution in [1.82, 2.24) is 0 Å². The first-order valence-electron chi connectivity index (χ1n) is 9.30. The van der Waals surface area contributed by atoms with Gasteiger partial charge in [-0.1, -0.05) is 0 Å². The van der Waals surface area contributed by atoms with Gasteiger partial charge in [-0.15, -0.1) is 0 Å². The molecule has 0 aromatic heterocycles. The van der Waals surface area contributed by atoms with Gasteiger partial charge in [0.05, 0.1) is 13.2 Å². The first-order chi connectivity index (χ1) is 15.5. The van der Waals surface area contributed by atoms with Crippen molar-refractivity contribution < 1.29 is 138 Å². The molecule has 0 spiro atoms. The van der Waals surface area contributed by atoms with E-state index in [1.807, 2.05) is 0 Å². The summed E-state index contributed by atoms with van der Waals surface area (Å²) in [6.45, 7) is -1.21. The topological polar surface area (TPSA) is 294 Å². The summed E-state index contributed by atoms with van der Waals surface area (Å²) in [5.74, 6) is -0.860. The van der Waals surface area contributed by atoms with Crippen LogP contribution in [0.4, 0.5) is 0 Å². The van der Waals surface area contributed by atoms with Gasteiger partial charge in [0.25, 0.3) is 0 Å². The third kappa shape index (κ3) is 10.8. The molecule has 0 aromatic rings. The monoisotopic (exact) mass is 587 g/mol. The third-order valence-corrected chi connectivity index (χ3v) is 5.57. The Morgan fingerprint density at radius 3 is 1.94 bits per heavy atom. The Bertz CT molecular complexity index is 932. The first-order valence-corrected chi connectivity index (χ1v) is 12.0. The quantitative estimate of drug-likeness (QED) is 0.0479. The van der Waals surface area contributed by atoms with Gasteiger partial charge in [0.1, 0.15) is 48.8 Å². The minimum Gasteiger partial charge on any atom is -0.862 e. The molecule has 10 atom stereocenters. The van der Waals surface area contributed by atoms with Gasteiger partial charge in [-0.25, -0.2) is 12.6 Å². The molecule has 2 aliphatic heterocycles. The zero-order chi connectivity index (χ0) is 26.0. The zero-order valence-corrected chi connectivity index (χ0v) is 24.8.